The van der Waals surface area contributed by atoms with Gasteiger partial charge in [-0.05, 0) is 49.8 Å². The molecule has 1 N–H and O–H groups in total. The summed E-state index contributed by atoms with van der Waals surface area (Å²) in [4.78, 5) is 25.4. The topological polar surface area (TPSA) is 96.0 Å². The lowest BCUT2D eigenvalue weighted by atomic mass is 10.1. The van der Waals surface area contributed by atoms with Gasteiger partial charge in [0.2, 0.25) is 15.9 Å². The number of amides is 2. The van der Waals surface area contributed by atoms with Crippen molar-refractivity contribution in [2.75, 3.05) is 31.5 Å². The molecule has 1 heterocycles. The van der Waals surface area contributed by atoms with Gasteiger partial charge in [-0.1, -0.05) is 35.9 Å². The third-order valence-electron chi connectivity index (χ3n) is 5.09. The fourth-order valence-electron chi connectivity index (χ4n) is 3.55. The summed E-state index contributed by atoms with van der Waals surface area (Å²) >= 11 is 0. The Kier molecular flexibility index (Phi) is 7.32. The molecule has 0 aliphatic carbocycles. The first-order chi connectivity index (χ1) is 15.2. The monoisotopic (exact) mass is 457 g/mol. The summed E-state index contributed by atoms with van der Waals surface area (Å²) in [5.41, 5.74) is 3.60. The first-order valence-corrected chi connectivity index (χ1v) is 11.7. The van der Waals surface area contributed by atoms with Crippen LogP contribution in [-0.2, 0) is 26.2 Å². The van der Waals surface area contributed by atoms with Crippen molar-refractivity contribution in [2.45, 2.75) is 25.3 Å². The third-order valence-corrected chi connectivity index (χ3v) is 7.00. The van der Waals surface area contributed by atoms with E-state index in [-0.39, 0.29) is 43.6 Å². The molecule has 2 aromatic carbocycles. The highest BCUT2D eigenvalue weighted by Crippen LogP contribution is 2.20. The first-order valence-electron chi connectivity index (χ1n) is 10.2. The largest absolute Gasteiger partial charge is 0.445 e. The number of rotatable bonds is 6. The van der Waals surface area contributed by atoms with Gasteiger partial charge in [0.05, 0.1) is 4.90 Å². The second-order valence-electron chi connectivity index (χ2n) is 7.66. The van der Waals surface area contributed by atoms with Crippen molar-refractivity contribution in [3.05, 3.63) is 71.8 Å². The number of sulfonamides is 1. The van der Waals surface area contributed by atoms with Gasteiger partial charge in [0, 0.05) is 31.9 Å². The minimum absolute atomic E-state index is 0.125. The van der Waals surface area contributed by atoms with E-state index in [1.165, 1.54) is 33.5 Å². The molecule has 0 bridgehead atoms. The van der Waals surface area contributed by atoms with Crippen LogP contribution in [0.3, 0.4) is 0 Å². The average molecular weight is 458 g/mol. The summed E-state index contributed by atoms with van der Waals surface area (Å²) in [6.07, 6.45) is 0.681. The minimum atomic E-state index is -3.71. The summed E-state index contributed by atoms with van der Waals surface area (Å²) in [7, 11) is -3.71. The number of ether oxygens (including phenoxy) is 1. The molecule has 0 spiro atoms. The molecule has 1 aliphatic rings. The molecule has 1 saturated heterocycles. The molecule has 1 fully saturated rings. The molecule has 32 heavy (non-hydrogen) atoms. The van der Waals surface area contributed by atoms with Crippen LogP contribution >= 0.6 is 0 Å². The molecule has 2 amide bonds. The smallest absolute Gasteiger partial charge is 0.410 e. The number of carbonyl (C=O) groups excluding carboxylic acids is 2. The van der Waals surface area contributed by atoms with Crippen LogP contribution in [0.25, 0.3) is 0 Å². The van der Waals surface area contributed by atoms with Crippen LogP contribution in [0.15, 0.2) is 60.0 Å². The Hall–Kier alpha value is -3.17. The molecule has 1 aliphatic heterocycles. The second-order valence-corrected chi connectivity index (χ2v) is 9.60. The van der Waals surface area contributed by atoms with Crippen molar-refractivity contribution in [3.63, 3.8) is 0 Å². The van der Waals surface area contributed by atoms with E-state index < -0.39 is 16.1 Å². The van der Waals surface area contributed by atoms with Gasteiger partial charge in [-0.15, -0.1) is 0 Å². The van der Waals surface area contributed by atoms with Crippen LogP contribution in [0.5, 0.6) is 0 Å². The van der Waals surface area contributed by atoms with Gasteiger partial charge in [-0.25, -0.2) is 13.2 Å². The number of benzene rings is 2. The summed E-state index contributed by atoms with van der Waals surface area (Å²) in [5.74, 6) is -0.374. The van der Waals surface area contributed by atoms with E-state index in [9.17, 15) is 18.0 Å². The third kappa shape index (κ3) is 5.74. The summed E-state index contributed by atoms with van der Waals surface area (Å²) in [6, 6.07) is 11.9. The molecule has 2 aromatic rings. The van der Waals surface area contributed by atoms with E-state index >= 15 is 0 Å². The van der Waals surface area contributed by atoms with Gasteiger partial charge >= 0.3 is 6.09 Å². The standard InChI is InChI=1S/C23H27N3O5S/c1-4-22(27)24-20-5-7-21(8-6-20)32(29,30)26-11-9-25(10-12-26)23(28)31-16-19-14-17(2)13-18(3)15-19/h4-8,13-15H,1,9-12,16H2,2-3H3,(H,24,27). The number of hydrogen-bond donors (Lipinski definition) is 1. The quantitative estimate of drug-likeness (QED) is 0.673. The van der Waals surface area contributed by atoms with Crippen molar-refractivity contribution in [3.8, 4) is 0 Å². The normalized spacial score (nSPS) is 14.6. The summed E-state index contributed by atoms with van der Waals surface area (Å²) in [6.45, 7) is 8.38. The Morgan fingerprint density at radius 3 is 2.19 bits per heavy atom. The molecule has 0 unspecified atom stereocenters. The minimum Gasteiger partial charge on any atom is -0.445 e. The Labute approximate surface area is 188 Å². The number of carbonyl (C=O) groups is 2. The molecule has 170 valence electrons. The molecule has 3 rings (SSSR count). The maximum absolute atomic E-state index is 12.9. The van der Waals surface area contributed by atoms with E-state index in [0.717, 1.165) is 22.8 Å². The highest BCUT2D eigenvalue weighted by molar-refractivity contribution is 7.89. The Morgan fingerprint density at radius 2 is 1.62 bits per heavy atom. The highest BCUT2D eigenvalue weighted by Gasteiger charge is 2.30. The van der Waals surface area contributed by atoms with Crippen LogP contribution in [-0.4, -0.2) is 55.8 Å². The predicted octanol–water partition coefficient (Wildman–Crippen LogP) is 3.07. The lowest BCUT2D eigenvalue weighted by Gasteiger charge is -2.33. The van der Waals surface area contributed by atoms with Crippen LogP contribution in [0, 0.1) is 13.8 Å². The number of nitrogens with one attached hydrogen (secondary N) is 1. The Bertz CT molecular complexity index is 1080. The van der Waals surface area contributed by atoms with Crippen molar-refractivity contribution < 1.29 is 22.7 Å². The van der Waals surface area contributed by atoms with Gasteiger partial charge in [0.15, 0.2) is 0 Å². The van der Waals surface area contributed by atoms with Crippen molar-refractivity contribution in [1.29, 1.82) is 0 Å². The molecule has 0 aromatic heterocycles. The molecular formula is C23H27N3O5S. The molecule has 9 heteroatoms. The van der Waals surface area contributed by atoms with E-state index in [0.29, 0.717) is 5.69 Å². The Balaban J connectivity index is 1.55. The zero-order valence-corrected chi connectivity index (χ0v) is 19.0. The molecule has 0 radical (unpaired) electrons. The van der Waals surface area contributed by atoms with Crippen LogP contribution < -0.4 is 5.32 Å². The fraction of sp³-hybridized carbons (Fsp3) is 0.304. The SMILES string of the molecule is C=CC(=O)Nc1ccc(S(=O)(=O)N2CCN(C(=O)OCc3cc(C)cc(C)c3)CC2)cc1. The molecule has 0 atom stereocenters. The number of nitrogens with zero attached hydrogens (tertiary/aromatic N) is 2. The first kappa shape index (κ1) is 23.5. The van der Waals surface area contributed by atoms with E-state index in [1.807, 2.05) is 26.0 Å². The van der Waals surface area contributed by atoms with Gasteiger partial charge in [0.1, 0.15) is 6.61 Å². The van der Waals surface area contributed by atoms with Crippen LogP contribution in [0.1, 0.15) is 16.7 Å². The second kappa shape index (κ2) is 9.97. The van der Waals surface area contributed by atoms with E-state index in [2.05, 4.69) is 18.0 Å². The van der Waals surface area contributed by atoms with Crippen molar-refractivity contribution in [2.24, 2.45) is 0 Å². The number of aryl methyl sites for hydroxylation is 2. The van der Waals surface area contributed by atoms with Gasteiger partial charge < -0.3 is 15.0 Å². The van der Waals surface area contributed by atoms with Crippen LogP contribution in [0.4, 0.5) is 10.5 Å². The molecular weight excluding hydrogens is 430 g/mol. The van der Waals surface area contributed by atoms with Gasteiger partial charge in [0.25, 0.3) is 0 Å². The Morgan fingerprint density at radius 1 is 1.03 bits per heavy atom. The van der Waals surface area contributed by atoms with Crippen molar-refractivity contribution in [1.82, 2.24) is 9.21 Å². The number of piperazine rings is 1. The maximum Gasteiger partial charge on any atom is 0.410 e. The predicted molar refractivity (Wildman–Crippen MR) is 122 cm³/mol. The van der Waals surface area contributed by atoms with Gasteiger partial charge in [-0.3, -0.25) is 4.79 Å². The molecule has 0 saturated carbocycles. The highest BCUT2D eigenvalue weighted by atomic mass is 32.2. The maximum atomic E-state index is 12.9. The van der Waals surface area contributed by atoms with Gasteiger partial charge in [-0.2, -0.15) is 4.31 Å². The summed E-state index contributed by atoms with van der Waals surface area (Å²) in [5, 5.41) is 2.57. The zero-order valence-electron chi connectivity index (χ0n) is 18.2. The fourth-order valence-corrected chi connectivity index (χ4v) is 4.97. The zero-order chi connectivity index (χ0) is 23.3. The lowest BCUT2D eigenvalue weighted by Crippen LogP contribution is -2.50. The molecule has 8 nitrogen and oxygen atoms in total. The lowest BCUT2D eigenvalue weighted by molar-refractivity contribution is -0.111. The number of hydrogen-bond acceptors (Lipinski definition) is 5. The summed E-state index contributed by atoms with van der Waals surface area (Å²) < 4.78 is 32.6. The van der Waals surface area contributed by atoms with Crippen molar-refractivity contribution >= 4 is 27.7 Å². The van der Waals surface area contributed by atoms with E-state index in [1.54, 1.807) is 0 Å². The van der Waals surface area contributed by atoms with Crippen LogP contribution in [0.2, 0.25) is 0 Å². The van der Waals surface area contributed by atoms with E-state index in [4.69, 9.17) is 4.74 Å². The average Bonchev–Trinajstić information content (AvgIpc) is 2.77. The number of anilines is 1.